The Morgan fingerprint density at radius 1 is 1.56 bits per heavy atom. The van der Waals surface area contributed by atoms with Gasteiger partial charge in [0, 0.05) is 12.1 Å². The molecule has 1 aliphatic rings. The second kappa shape index (κ2) is 3.33. The number of nitrogens with zero attached hydrogens (tertiary/aromatic N) is 3. The molecule has 6 nitrogen and oxygen atoms in total. The van der Waals surface area contributed by atoms with Gasteiger partial charge in [-0.25, -0.2) is 19.3 Å². The van der Waals surface area contributed by atoms with Gasteiger partial charge in [-0.15, -0.1) is 0 Å². The molecular formula is C10H13N5O. The zero-order chi connectivity index (χ0) is 11.1. The largest absolute Gasteiger partial charge is 0.367 e. The highest BCUT2D eigenvalue weighted by Gasteiger charge is 2.18. The summed E-state index contributed by atoms with van der Waals surface area (Å²) < 4.78 is 1.46. The molecule has 0 unspecified atom stereocenters. The van der Waals surface area contributed by atoms with Crippen molar-refractivity contribution in [3.05, 3.63) is 22.4 Å². The van der Waals surface area contributed by atoms with Crippen LogP contribution >= 0.6 is 0 Å². The fraction of sp³-hybridized carbons (Fsp3) is 0.500. The zero-order valence-electron chi connectivity index (χ0n) is 9.03. The van der Waals surface area contributed by atoms with Crippen LogP contribution < -0.4 is 11.0 Å². The van der Waals surface area contributed by atoms with Gasteiger partial charge in [-0.05, 0) is 26.2 Å². The van der Waals surface area contributed by atoms with Crippen molar-refractivity contribution < 1.29 is 0 Å². The fourth-order valence-electron chi connectivity index (χ4n) is 1.93. The maximum absolute atomic E-state index is 11.4. The molecule has 2 aromatic heterocycles. The molecule has 16 heavy (non-hydrogen) atoms. The highest BCUT2D eigenvalue weighted by Crippen LogP contribution is 2.22. The van der Waals surface area contributed by atoms with Gasteiger partial charge in [0.1, 0.15) is 11.6 Å². The number of rotatable bonds is 2. The topological polar surface area (TPSA) is 75.1 Å². The first-order valence-corrected chi connectivity index (χ1v) is 5.45. The van der Waals surface area contributed by atoms with E-state index >= 15 is 0 Å². The Labute approximate surface area is 91.7 Å². The molecule has 0 aliphatic heterocycles. The second-order valence-corrected chi connectivity index (χ2v) is 4.18. The lowest BCUT2D eigenvalue weighted by Crippen LogP contribution is -2.27. The van der Waals surface area contributed by atoms with Crippen molar-refractivity contribution in [1.82, 2.24) is 19.6 Å². The van der Waals surface area contributed by atoms with E-state index in [0.717, 1.165) is 5.82 Å². The van der Waals surface area contributed by atoms with E-state index in [1.54, 1.807) is 13.0 Å². The maximum Gasteiger partial charge on any atom is 0.349 e. The summed E-state index contributed by atoms with van der Waals surface area (Å²) in [5, 5.41) is 9.69. The van der Waals surface area contributed by atoms with Crippen LogP contribution in [0, 0.1) is 6.92 Å². The standard InChI is InChI=1S/C10H13N5O/c1-6-11-8(12-7-3-2-4-7)5-9-13-14-10(16)15(6)9/h5,7,12H,2-4H2,1H3,(H,14,16). The van der Waals surface area contributed by atoms with Crippen molar-refractivity contribution in [2.24, 2.45) is 0 Å². The Hall–Kier alpha value is -1.85. The molecule has 1 saturated carbocycles. The van der Waals surface area contributed by atoms with E-state index in [2.05, 4.69) is 20.5 Å². The summed E-state index contributed by atoms with van der Waals surface area (Å²) in [6.45, 7) is 1.80. The van der Waals surface area contributed by atoms with Gasteiger partial charge in [-0.1, -0.05) is 0 Å². The molecule has 1 fully saturated rings. The van der Waals surface area contributed by atoms with Gasteiger partial charge >= 0.3 is 5.69 Å². The van der Waals surface area contributed by atoms with Gasteiger partial charge in [0.25, 0.3) is 0 Å². The summed E-state index contributed by atoms with van der Waals surface area (Å²) in [7, 11) is 0. The number of aromatic amines is 1. The van der Waals surface area contributed by atoms with Crippen LogP contribution in [0.4, 0.5) is 5.82 Å². The third-order valence-electron chi connectivity index (χ3n) is 3.03. The predicted molar refractivity (Wildman–Crippen MR) is 59.6 cm³/mol. The molecular weight excluding hydrogens is 206 g/mol. The molecule has 2 N–H and O–H groups in total. The van der Waals surface area contributed by atoms with E-state index in [9.17, 15) is 4.79 Å². The van der Waals surface area contributed by atoms with Crippen LogP contribution in [0.5, 0.6) is 0 Å². The Kier molecular flexibility index (Phi) is 1.95. The third-order valence-corrected chi connectivity index (χ3v) is 3.03. The summed E-state index contributed by atoms with van der Waals surface area (Å²) in [6.07, 6.45) is 3.67. The average Bonchev–Trinajstić information content (AvgIpc) is 2.55. The summed E-state index contributed by atoms with van der Waals surface area (Å²) in [5.41, 5.74) is 0.370. The molecule has 6 heteroatoms. The number of fused-ring (bicyclic) bond motifs is 1. The highest BCUT2D eigenvalue weighted by atomic mass is 16.1. The monoisotopic (exact) mass is 219 g/mol. The normalized spacial score (nSPS) is 16.3. The minimum absolute atomic E-state index is 0.241. The Morgan fingerprint density at radius 3 is 3.06 bits per heavy atom. The van der Waals surface area contributed by atoms with Crippen LogP contribution in [-0.2, 0) is 0 Å². The van der Waals surface area contributed by atoms with Gasteiger partial charge < -0.3 is 5.32 Å². The van der Waals surface area contributed by atoms with Crippen LogP contribution in [0.2, 0.25) is 0 Å². The van der Waals surface area contributed by atoms with Crippen molar-refractivity contribution in [3.8, 4) is 0 Å². The predicted octanol–water partition coefficient (Wildman–Crippen LogP) is 0.690. The molecule has 0 saturated heterocycles. The molecule has 0 amide bonds. The van der Waals surface area contributed by atoms with E-state index in [4.69, 9.17) is 0 Å². The van der Waals surface area contributed by atoms with Gasteiger partial charge in [-0.3, -0.25) is 0 Å². The van der Waals surface area contributed by atoms with Crippen molar-refractivity contribution in [2.45, 2.75) is 32.2 Å². The molecule has 0 bridgehead atoms. The van der Waals surface area contributed by atoms with E-state index in [1.807, 2.05) is 0 Å². The number of hydrogen-bond acceptors (Lipinski definition) is 4. The molecule has 0 aromatic carbocycles. The van der Waals surface area contributed by atoms with Crippen molar-refractivity contribution in [3.63, 3.8) is 0 Å². The quantitative estimate of drug-likeness (QED) is 0.779. The lowest BCUT2D eigenvalue weighted by molar-refractivity contribution is 0.444. The highest BCUT2D eigenvalue weighted by molar-refractivity contribution is 5.50. The number of anilines is 1. The van der Waals surface area contributed by atoms with Crippen LogP contribution in [-0.4, -0.2) is 25.6 Å². The molecule has 0 spiro atoms. The maximum atomic E-state index is 11.4. The van der Waals surface area contributed by atoms with Crippen molar-refractivity contribution in [1.29, 1.82) is 0 Å². The SMILES string of the molecule is Cc1nc(NC2CCC2)cc2n[nH]c(=O)n12. The number of aromatic nitrogens is 4. The number of H-pyrrole nitrogens is 1. The Balaban J connectivity index is 2.03. The molecule has 1 aliphatic carbocycles. The zero-order valence-corrected chi connectivity index (χ0v) is 9.03. The summed E-state index contributed by atoms with van der Waals surface area (Å²) in [4.78, 5) is 15.7. The second-order valence-electron chi connectivity index (χ2n) is 4.18. The number of nitrogens with one attached hydrogen (secondary N) is 2. The van der Waals surface area contributed by atoms with Gasteiger partial charge in [0.05, 0.1) is 0 Å². The summed E-state index contributed by atoms with van der Waals surface area (Å²) in [6, 6.07) is 2.32. The minimum Gasteiger partial charge on any atom is -0.367 e. The average molecular weight is 219 g/mol. The van der Waals surface area contributed by atoms with Crippen LogP contribution in [0.15, 0.2) is 10.9 Å². The van der Waals surface area contributed by atoms with Crippen molar-refractivity contribution >= 4 is 11.5 Å². The molecule has 2 heterocycles. The first-order valence-electron chi connectivity index (χ1n) is 5.45. The Morgan fingerprint density at radius 2 is 2.38 bits per heavy atom. The number of hydrogen-bond donors (Lipinski definition) is 2. The van der Waals surface area contributed by atoms with E-state index in [0.29, 0.717) is 17.5 Å². The molecule has 0 radical (unpaired) electrons. The lowest BCUT2D eigenvalue weighted by atomic mass is 9.93. The van der Waals surface area contributed by atoms with Crippen LogP contribution in [0.3, 0.4) is 0 Å². The van der Waals surface area contributed by atoms with Gasteiger partial charge in [0.15, 0.2) is 5.65 Å². The van der Waals surface area contributed by atoms with E-state index < -0.39 is 0 Å². The van der Waals surface area contributed by atoms with Crippen LogP contribution in [0.25, 0.3) is 5.65 Å². The summed E-state index contributed by atoms with van der Waals surface area (Å²) >= 11 is 0. The molecule has 84 valence electrons. The fourth-order valence-corrected chi connectivity index (χ4v) is 1.93. The van der Waals surface area contributed by atoms with E-state index in [-0.39, 0.29) is 5.69 Å². The van der Waals surface area contributed by atoms with Gasteiger partial charge in [0.2, 0.25) is 0 Å². The molecule has 3 rings (SSSR count). The molecule has 2 aromatic rings. The summed E-state index contributed by atoms with van der Waals surface area (Å²) in [5.74, 6) is 1.45. The van der Waals surface area contributed by atoms with Crippen LogP contribution in [0.1, 0.15) is 25.1 Å². The van der Waals surface area contributed by atoms with Gasteiger partial charge in [-0.2, -0.15) is 5.10 Å². The lowest BCUT2D eigenvalue weighted by Gasteiger charge is -2.26. The smallest absolute Gasteiger partial charge is 0.349 e. The first kappa shape index (κ1) is 9.38. The minimum atomic E-state index is -0.241. The van der Waals surface area contributed by atoms with Crippen molar-refractivity contribution in [2.75, 3.05) is 5.32 Å². The first-order chi connectivity index (χ1) is 7.74. The third kappa shape index (κ3) is 1.37. The van der Waals surface area contributed by atoms with E-state index in [1.165, 1.54) is 23.7 Å². The Bertz CT molecular complexity index is 580. The number of aryl methyl sites for hydroxylation is 1. The molecule has 0 atom stereocenters.